The van der Waals surface area contributed by atoms with Crippen LogP contribution < -0.4 is 5.32 Å². The first-order chi connectivity index (χ1) is 9.40. The molecule has 1 N–H and O–H groups in total. The van der Waals surface area contributed by atoms with Crippen LogP contribution in [0.4, 0.5) is 0 Å². The van der Waals surface area contributed by atoms with Gasteiger partial charge in [0.05, 0.1) is 17.1 Å². The summed E-state index contributed by atoms with van der Waals surface area (Å²) >= 11 is 0. The second-order valence-corrected chi connectivity index (χ2v) is 5.49. The number of aromatic nitrogens is 3. The molecule has 2 aromatic heterocycles. The average Bonchev–Trinajstić information content (AvgIpc) is 3.00. The van der Waals surface area contributed by atoms with Crippen LogP contribution in [0.5, 0.6) is 0 Å². The zero-order valence-corrected chi connectivity index (χ0v) is 10.9. The minimum absolute atomic E-state index is 0.656. The third kappa shape index (κ3) is 2.18. The van der Waals surface area contributed by atoms with Crippen LogP contribution in [0.15, 0.2) is 17.0 Å². The van der Waals surface area contributed by atoms with Gasteiger partial charge in [-0.05, 0) is 38.5 Å². The highest BCUT2D eigenvalue weighted by molar-refractivity contribution is 5.24. The molecule has 19 heavy (non-hydrogen) atoms. The van der Waals surface area contributed by atoms with Crippen molar-refractivity contribution in [1.29, 1.82) is 0 Å². The van der Waals surface area contributed by atoms with Crippen LogP contribution in [-0.2, 0) is 19.4 Å². The van der Waals surface area contributed by atoms with E-state index >= 15 is 0 Å². The second-order valence-electron chi connectivity index (χ2n) is 5.49. The second kappa shape index (κ2) is 4.49. The molecule has 0 atom stereocenters. The Bertz CT molecular complexity index is 582. The lowest BCUT2D eigenvalue weighted by Crippen LogP contribution is -2.15. The molecule has 0 saturated heterocycles. The fourth-order valence-corrected chi connectivity index (χ4v) is 2.66. The number of fused-ring (bicyclic) bond motifs is 1. The highest BCUT2D eigenvalue weighted by Gasteiger charge is 2.21. The molecule has 0 amide bonds. The topological polar surface area (TPSA) is 55.9 Å². The van der Waals surface area contributed by atoms with Crippen LogP contribution in [0.2, 0.25) is 0 Å². The summed E-state index contributed by atoms with van der Waals surface area (Å²) in [6.07, 6.45) is 10.8. The Labute approximate surface area is 112 Å². The first-order valence-corrected chi connectivity index (χ1v) is 7.13. The van der Waals surface area contributed by atoms with Crippen molar-refractivity contribution in [3.8, 4) is 6.01 Å². The molecule has 2 aromatic rings. The lowest BCUT2D eigenvalue weighted by Gasteiger charge is -2.11. The van der Waals surface area contributed by atoms with Crippen LogP contribution >= 0.6 is 0 Å². The molecule has 2 aliphatic carbocycles. The summed E-state index contributed by atoms with van der Waals surface area (Å²) in [5.41, 5.74) is 3.46. The van der Waals surface area contributed by atoms with Crippen molar-refractivity contribution in [2.45, 2.75) is 51.1 Å². The Morgan fingerprint density at radius 2 is 2.21 bits per heavy atom. The van der Waals surface area contributed by atoms with E-state index in [4.69, 9.17) is 4.42 Å². The normalized spacial score (nSPS) is 18.5. The van der Waals surface area contributed by atoms with Crippen LogP contribution in [-0.4, -0.2) is 20.6 Å². The van der Waals surface area contributed by atoms with Crippen molar-refractivity contribution < 1.29 is 4.42 Å². The number of hydrogen-bond acceptors (Lipinski definition) is 4. The number of nitrogens with zero attached hydrogens (tertiary/aromatic N) is 3. The quantitative estimate of drug-likeness (QED) is 0.911. The van der Waals surface area contributed by atoms with Gasteiger partial charge in [-0.3, -0.25) is 4.57 Å². The van der Waals surface area contributed by atoms with Crippen molar-refractivity contribution in [3.63, 3.8) is 0 Å². The number of rotatable bonds is 4. The first-order valence-electron chi connectivity index (χ1n) is 7.13. The van der Waals surface area contributed by atoms with Crippen molar-refractivity contribution in [3.05, 3.63) is 29.7 Å². The molecule has 100 valence electrons. The van der Waals surface area contributed by atoms with Crippen LogP contribution in [0.1, 0.15) is 42.8 Å². The van der Waals surface area contributed by atoms with Gasteiger partial charge in [-0.2, -0.15) is 4.98 Å². The van der Waals surface area contributed by atoms with Gasteiger partial charge < -0.3 is 9.73 Å². The maximum Gasteiger partial charge on any atom is 0.307 e. The predicted molar refractivity (Wildman–Crippen MR) is 70.1 cm³/mol. The Hall–Kier alpha value is -1.62. The summed E-state index contributed by atoms with van der Waals surface area (Å²) in [5, 5.41) is 3.45. The third-order valence-electron chi connectivity index (χ3n) is 3.93. The van der Waals surface area contributed by atoms with Gasteiger partial charge in [-0.1, -0.05) is 0 Å². The Morgan fingerprint density at radius 3 is 3.11 bits per heavy atom. The van der Waals surface area contributed by atoms with Gasteiger partial charge in [0, 0.05) is 12.6 Å². The predicted octanol–water partition coefficient (Wildman–Crippen LogP) is 1.99. The fourth-order valence-electron chi connectivity index (χ4n) is 2.66. The molecule has 1 fully saturated rings. The van der Waals surface area contributed by atoms with Gasteiger partial charge in [-0.25, -0.2) is 4.98 Å². The minimum Gasteiger partial charge on any atom is -0.431 e. The molecule has 0 aromatic carbocycles. The molecule has 4 rings (SSSR count). The fraction of sp³-hybridized carbons (Fsp3) is 0.571. The van der Waals surface area contributed by atoms with E-state index in [0.717, 1.165) is 25.1 Å². The SMILES string of the molecule is c1oc(-n2cnc3c2CCCC3)nc1CNC1CC1. The Balaban J connectivity index is 1.56. The van der Waals surface area contributed by atoms with E-state index in [0.29, 0.717) is 12.1 Å². The molecule has 5 nitrogen and oxygen atoms in total. The maximum absolute atomic E-state index is 5.60. The van der Waals surface area contributed by atoms with Gasteiger partial charge in [0.2, 0.25) is 0 Å². The standard InChI is InChI=1S/C14H18N4O/c1-2-4-13-12(3-1)16-9-18(13)14-17-11(8-19-14)7-15-10-5-6-10/h8-10,15H,1-7H2. The van der Waals surface area contributed by atoms with Crippen molar-refractivity contribution >= 4 is 0 Å². The molecule has 0 bridgehead atoms. The van der Waals surface area contributed by atoms with E-state index in [9.17, 15) is 0 Å². The Morgan fingerprint density at radius 1 is 1.32 bits per heavy atom. The molecule has 0 aliphatic heterocycles. The van der Waals surface area contributed by atoms with Crippen molar-refractivity contribution in [1.82, 2.24) is 19.9 Å². The number of oxazole rings is 1. The van der Waals surface area contributed by atoms with E-state index in [1.165, 1.54) is 37.1 Å². The number of nitrogens with one attached hydrogen (secondary N) is 1. The molecule has 5 heteroatoms. The van der Waals surface area contributed by atoms with E-state index in [1.807, 2.05) is 10.9 Å². The summed E-state index contributed by atoms with van der Waals surface area (Å²) in [6.45, 7) is 0.797. The van der Waals surface area contributed by atoms with Gasteiger partial charge in [0.1, 0.15) is 12.6 Å². The van der Waals surface area contributed by atoms with Crippen molar-refractivity contribution in [2.24, 2.45) is 0 Å². The van der Waals surface area contributed by atoms with Gasteiger partial charge >= 0.3 is 6.01 Å². The molecule has 0 spiro atoms. The third-order valence-corrected chi connectivity index (χ3v) is 3.93. The van der Waals surface area contributed by atoms with E-state index < -0.39 is 0 Å². The minimum atomic E-state index is 0.656. The molecule has 0 unspecified atom stereocenters. The van der Waals surface area contributed by atoms with E-state index in [2.05, 4.69) is 15.3 Å². The summed E-state index contributed by atoms with van der Waals surface area (Å²) in [7, 11) is 0. The lowest BCUT2D eigenvalue weighted by molar-refractivity contribution is 0.515. The van der Waals surface area contributed by atoms with E-state index in [-0.39, 0.29) is 0 Å². The molecule has 2 aliphatic rings. The average molecular weight is 258 g/mol. The zero-order valence-electron chi connectivity index (χ0n) is 10.9. The zero-order chi connectivity index (χ0) is 12.7. The Kier molecular flexibility index (Phi) is 2.65. The smallest absolute Gasteiger partial charge is 0.307 e. The first kappa shape index (κ1) is 11.2. The van der Waals surface area contributed by atoms with Gasteiger partial charge in [0.25, 0.3) is 0 Å². The summed E-state index contributed by atoms with van der Waals surface area (Å²) in [4.78, 5) is 9.03. The lowest BCUT2D eigenvalue weighted by atomic mass is 10.0. The molecule has 1 saturated carbocycles. The number of imidazole rings is 1. The molecule has 0 radical (unpaired) electrons. The maximum atomic E-state index is 5.60. The van der Waals surface area contributed by atoms with Gasteiger partial charge in [0.15, 0.2) is 0 Å². The van der Waals surface area contributed by atoms with Crippen molar-refractivity contribution in [2.75, 3.05) is 0 Å². The van der Waals surface area contributed by atoms with E-state index in [1.54, 1.807) is 6.26 Å². The molecular weight excluding hydrogens is 240 g/mol. The summed E-state index contributed by atoms with van der Waals surface area (Å²) < 4.78 is 7.61. The number of aryl methyl sites for hydroxylation is 1. The molecule has 2 heterocycles. The highest BCUT2D eigenvalue weighted by atomic mass is 16.4. The van der Waals surface area contributed by atoms with Gasteiger partial charge in [-0.15, -0.1) is 0 Å². The van der Waals surface area contributed by atoms with Crippen LogP contribution in [0.25, 0.3) is 6.01 Å². The van der Waals surface area contributed by atoms with Crippen LogP contribution in [0, 0.1) is 0 Å². The number of hydrogen-bond donors (Lipinski definition) is 1. The summed E-state index contributed by atoms with van der Waals surface area (Å²) in [6, 6.07) is 1.35. The monoisotopic (exact) mass is 258 g/mol. The summed E-state index contributed by atoms with van der Waals surface area (Å²) in [5.74, 6) is 0. The molecular formula is C14H18N4O. The highest BCUT2D eigenvalue weighted by Crippen LogP contribution is 2.23. The largest absolute Gasteiger partial charge is 0.431 e. The van der Waals surface area contributed by atoms with Crippen LogP contribution in [0.3, 0.4) is 0 Å².